The molecule has 0 fully saturated rings. The fourth-order valence-corrected chi connectivity index (χ4v) is 1.22. The fourth-order valence-electron chi connectivity index (χ4n) is 1.22. The molecule has 0 saturated heterocycles. The Morgan fingerprint density at radius 2 is 2.25 bits per heavy atom. The highest BCUT2D eigenvalue weighted by Gasteiger charge is 2.06. The summed E-state index contributed by atoms with van der Waals surface area (Å²) in [5.41, 5.74) is 0.496. The number of halogens is 1. The molecular formula is C12H13FO3. The second-order valence-electron chi connectivity index (χ2n) is 2.95. The molecule has 0 aliphatic rings. The molecule has 0 aromatic heterocycles. The van der Waals surface area contributed by atoms with Gasteiger partial charge in [0.25, 0.3) is 0 Å². The van der Waals surface area contributed by atoms with Gasteiger partial charge in [0.15, 0.2) is 11.6 Å². The van der Waals surface area contributed by atoms with Crippen LogP contribution < -0.4 is 4.74 Å². The Hall–Kier alpha value is -1.84. The average Bonchev–Trinajstić information content (AvgIpc) is 2.27. The predicted molar refractivity (Wildman–Crippen MR) is 58.6 cm³/mol. The molecule has 0 saturated carbocycles. The Bertz CT molecular complexity index is 399. The van der Waals surface area contributed by atoms with Gasteiger partial charge in [-0.05, 0) is 19.1 Å². The zero-order valence-corrected chi connectivity index (χ0v) is 9.20. The molecule has 86 valence electrons. The molecule has 0 amide bonds. The fraction of sp³-hybridized carbons (Fsp3) is 0.250. The normalized spacial score (nSPS) is 10.4. The molecule has 4 heteroatoms. The van der Waals surface area contributed by atoms with E-state index in [1.165, 1.54) is 25.3 Å². The van der Waals surface area contributed by atoms with Crippen molar-refractivity contribution in [3.8, 4) is 5.75 Å². The Kier molecular flexibility index (Phi) is 4.51. The van der Waals surface area contributed by atoms with Gasteiger partial charge in [0.1, 0.15) is 0 Å². The van der Waals surface area contributed by atoms with Crippen LogP contribution in [0.1, 0.15) is 12.5 Å². The number of ether oxygens (including phenoxy) is 2. The van der Waals surface area contributed by atoms with Crippen molar-refractivity contribution in [1.82, 2.24) is 0 Å². The average molecular weight is 224 g/mol. The molecule has 0 radical (unpaired) electrons. The molecule has 0 aliphatic heterocycles. The Labute approximate surface area is 93.5 Å². The SMILES string of the molecule is CCOC(=O)/C=C/c1cccc(F)c1OC. The summed E-state index contributed by atoms with van der Waals surface area (Å²) in [6.45, 7) is 2.03. The van der Waals surface area contributed by atoms with E-state index < -0.39 is 11.8 Å². The summed E-state index contributed by atoms with van der Waals surface area (Å²) in [4.78, 5) is 11.1. The number of carbonyl (C=O) groups excluding carboxylic acids is 1. The van der Waals surface area contributed by atoms with Gasteiger partial charge in [-0.1, -0.05) is 12.1 Å². The maximum absolute atomic E-state index is 13.2. The van der Waals surface area contributed by atoms with Crippen LogP contribution in [0.2, 0.25) is 0 Å². The molecule has 0 aliphatic carbocycles. The molecular weight excluding hydrogens is 211 g/mol. The molecule has 1 aromatic carbocycles. The topological polar surface area (TPSA) is 35.5 Å². The number of benzene rings is 1. The number of hydrogen-bond acceptors (Lipinski definition) is 3. The van der Waals surface area contributed by atoms with Crippen molar-refractivity contribution in [2.24, 2.45) is 0 Å². The summed E-state index contributed by atoms with van der Waals surface area (Å²) in [5, 5.41) is 0. The highest BCUT2D eigenvalue weighted by atomic mass is 19.1. The van der Waals surface area contributed by atoms with Crippen LogP contribution in [0, 0.1) is 5.82 Å². The van der Waals surface area contributed by atoms with Crippen molar-refractivity contribution in [3.63, 3.8) is 0 Å². The van der Waals surface area contributed by atoms with Crippen molar-refractivity contribution in [1.29, 1.82) is 0 Å². The molecule has 16 heavy (non-hydrogen) atoms. The molecule has 3 nitrogen and oxygen atoms in total. The second kappa shape index (κ2) is 5.90. The number of rotatable bonds is 4. The first-order chi connectivity index (χ1) is 7.69. The molecule has 0 N–H and O–H groups in total. The van der Waals surface area contributed by atoms with Gasteiger partial charge < -0.3 is 9.47 Å². The van der Waals surface area contributed by atoms with E-state index in [1.54, 1.807) is 19.1 Å². The van der Waals surface area contributed by atoms with Crippen LogP contribution in [0.5, 0.6) is 5.75 Å². The lowest BCUT2D eigenvalue weighted by molar-refractivity contribution is -0.137. The second-order valence-corrected chi connectivity index (χ2v) is 2.95. The monoisotopic (exact) mass is 224 g/mol. The Morgan fingerprint density at radius 1 is 1.50 bits per heavy atom. The highest BCUT2D eigenvalue weighted by molar-refractivity contribution is 5.87. The smallest absolute Gasteiger partial charge is 0.330 e. The summed E-state index contributed by atoms with van der Waals surface area (Å²) < 4.78 is 22.8. The van der Waals surface area contributed by atoms with Gasteiger partial charge in [0.05, 0.1) is 13.7 Å². The number of para-hydroxylation sites is 1. The third-order valence-electron chi connectivity index (χ3n) is 1.89. The molecule has 0 heterocycles. The first-order valence-electron chi connectivity index (χ1n) is 4.86. The van der Waals surface area contributed by atoms with Crippen molar-refractivity contribution in [2.45, 2.75) is 6.92 Å². The van der Waals surface area contributed by atoms with Crippen LogP contribution >= 0.6 is 0 Å². The number of methoxy groups -OCH3 is 1. The summed E-state index contributed by atoms with van der Waals surface area (Å²) >= 11 is 0. The van der Waals surface area contributed by atoms with Gasteiger partial charge in [-0.3, -0.25) is 0 Å². The van der Waals surface area contributed by atoms with Crippen molar-refractivity contribution in [3.05, 3.63) is 35.7 Å². The largest absolute Gasteiger partial charge is 0.493 e. The lowest BCUT2D eigenvalue weighted by Crippen LogP contribution is -1.99. The summed E-state index contributed by atoms with van der Waals surface area (Å²) in [6.07, 6.45) is 2.70. The van der Waals surface area contributed by atoms with Gasteiger partial charge >= 0.3 is 5.97 Å². The Morgan fingerprint density at radius 3 is 2.88 bits per heavy atom. The van der Waals surface area contributed by atoms with E-state index in [-0.39, 0.29) is 5.75 Å². The maximum Gasteiger partial charge on any atom is 0.330 e. The zero-order chi connectivity index (χ0) is 12.0. The van der Waals surface area contributed by atoms with E-state index in [0.717, 1.165) is 0 Å². The summed E-state index contributed by atoms with van der Waals surface area (Å²) in [7, 11) is 1.38. The summed E-state index contributed by atoms with van der Waals surface area (Å²) in [5.74, 6) is -0.814. The van der Waals surface area contributed by atoms with Crippen LogP contribution in [-0.4, -0.2) is 19.7 Å². The quantitative estimate of drug-likeness (QED) is 0.582. The summed E-state index contributed by atoms with van der Waals surface area (Å²) in [6, 6.07) is 4.49. The molecule has 0 spiro atoms. The highest BCUT2D eigenvalue weighted by Crippen LogP contribution is 2.23. The van der Waals surface area contributed by atoms with Gasteiger partial charge in [0, 0.05) is 11.6 Å². The lowest BCUT2D eigenvalue weighted by atomic mass is 10.2. The minimum atomic E-state index is -0.464. The molecule has 0 atom stereocenters. The lowest BCUT2D eigenvalue weighted by Gasteiger charge is -2.05. The van der Waals surface area contributed by atoms with Gasteiger partial charge in [-0.15, -0.1) is 0 Å². The molecule has 1 rings (SSSR count). The first kappa shape index (κ1) is 12.2. The standard InChI is InChI=1S/C12H13FO3/c1-3-16-11(14)8-7-9-5-4-6-10(13)12(9)15-2/h4-8H,3H2,1-2H3/b8-7+. The third kappa shape index (κ3) is 3.08. The molecule has 0 bridgehead atoms. The van der Waals surface area contributed by atoms with Crippen LogP contribution in [0.4, 0.5) is 4.39 Å². The number of hydrogen-bond donors (Lipinski definition) is 0. The predicted octanol–water partition coefficient (Wildman–Crippen LogP) is 2.41. The Balaban J connectivity index is 2.88. The van der Waals surface area contributed by atoms with E-state index in [0.29, 0.717) is 12.2 Å². The first-order valence-corrected chi connectivity index (χ1v) is 4.86. The van der Waals surface area contributed by atoms with Crippen molar-refractivity contribution < 1.29 is 18.7 Å². The van der Waals surface area contributed by atoms with Gasteiger partial charge in [-0.2, -0.15) is 0 Å². The third-order valence-corrected chi connectivity index (χ3v) is 1.89. The molecule has 0 unspecified atom stereocenters. The van der Waals surface area contributed by atoms with E-state index >= 15 is 0 Å². The van der Waals surface area contributed by atoms with E-state index in [1.807, 2.05) is 0 Å². The molecule has 1 aromatic rings. The van der Waals surface area contributed by atoms with Crippen LogP contribution in [0.15, 0.2) is 24.3 Å². The maximum atomic E-state index is 13.2. The van der Waals surface area contributed by atoms with Gasteiger partial charge in [0.2, 0.25) is 0 Å². The number of esters is 1. The van der Waals surface area contributed by atoms with Crippen LogP contribution in [0.3, 0.4) is 0 Å². The van der Waals surface area contributed by atoms with Crippen molar-refractivity contribution in [2.75, 3.05) is 13.7 Å². The van der Waals surface area contributed by atoms with Crippen LogP contribution in [0.25, 0.3) is 6.08 Å². The number of carbonyl (C=O) groups is 1. The van der Waals surface area contributed by atoms with Gasteiger partial charge in [-0.25, -0.2) is 9.18 Å². The van der Waals surface area contributed by atoms with Crippen LogP contribution in [-0.2, 0) is 9.53 Å². The van der Waals surface area contributed by atoms with E-state index in [9.17, 15) is 9.18 Å². The van der Waals surface area contributed by atoms with E-state index in [4.69, 9.17) is 9.47 Å². The minimum Gasteiger partial charge on any atom is -0.493 e. The minimum absolute atomic E-state index is 0.114. The zero-order valence-electron chi connectivity index (χ0n) is 9.20. The van der Waals surface area contributed by atoms with Crippen molar-refractivity contribution >= 4 is 12.0 Å². The van der Waals surface area contributed by atoms with E-state index in [2.05, 4.69) is 0 Å².